The van der Waals surface area contributed by atoms with Crippen LogP contribution in [0.1, 0.15) is 25.3 Å². The van der Waals surface area contributed by atoms with Crippen molar-refractivity contribution in [3.8, 4) is 0 Å². The molecule has 0 spiro atoms. The van der Waals surface area contributed by atoms with Gasteiger partial charge in [0.25, 0.3) is 5.91 Å². The largest absolute Gasteiger partial charge is 0.328 e. The lowest BCUT2D eigenvalue weighted by Gasteiger charge is -2.29. The van der Waals surface area contributed by atoms with E-state index < -0.39 is 10.0 Å². The van der Waals surface area contributed by atoms with Crippen LogP contribution >= 0.6 is 0 Å². The van der Waals surface area contributed by atoms with E-state index in [0.717, 1.165) is 5.56 Å². The summed E-state index contributed by atoms with van der Waals surface area (Å²) in [6, 6.07) is 15.6. The van der Waals surface area contributed by atoms with Crippen LogP contribution in [0.25, 0.3) is 0 Å². The molecule has 27 heavy (non-hydrogen) atoms. The molecule has 144 valence electrons. The van der Waals surface area contributed by atoms with E-state index in [-0.39, 0.29) is 17.6 Å². The van der Waals surface area contributed by atoms with Crippen molar-refractivity contribution in [1.82, 2.24) is 8.87 Å². The van der Waals surface area contributed by atoms with E-state index in [1.807, 2.05) is 59.3 Å². The van der Waals surface area contributed by atoms with Gasteiger partial charge in [-0.25, -0.2) is 12.7 Å². The van der Waals surface area contributed by atoms with E-state index in [1.165, 1.54) is 4.31 Å². The van der Waals surface area contributed by atoms with Gasteiger partial charge in [0, 0.05) is 31.7 Å². The van der Waals surface area contributed by atoms with Crippen LogP contribution in [0.3, 0.4) is 0 Å². The van der Waals surface area contributed by atoms with Gasteiger partial charge in [0.05, 0.1) is 5.75 Å². The van der Waals surface area contributed by atoms with Crippen LogP contribution in [0.2, 0.25) is 0 Å². The molecule has 1 fully saturated rings. The molecule has 0 radical (unpaired) electrons. The summed E-state index contributed by atoms with van der Waals surface area (Å²) in [4.78, 5) is 17.0. The Labute approximate surface area is 160 Å². The van der Waals surface area contributed by atoms with Crippen molar-refractivity contribution in [2.45, 2.75) is 26.3 Å². The normalized spacial score (nSPS) is 17.1. The highest BCUT2D eigenvalue weighted by Gasteiger charge is 2.29. The van der Waals surface area contributed by atoms with E-state index >= 15 is 0 Å². The van der Waals surface area contributed by atoms with Gasteiger partial charge < -0.3 is 4.57 Å². The molecule has 0 N–H and O–H groups in total. The number of amides is 1. The fourth-order valence-electron chi connectivity index (χ4n) is 3.25. The minimum Gasteiger partial charge on any atom is -0.328 e. The smallest absolute Gasteiger partial charge is 0.250 e. The van der Waals surface area contributed by atoms with Crippen LogP contribution in [0.5, 0.6) is 0 Å². The number of hydrogen-bond donors (Lipinski definition) is 0. The lowest BCUT2D eigenvalue weighted by Crippen LogP contribution is -2.41. The van der Waals surface area contributed by atoms with E-state index in [4.69, 9.17) is 0 Å². The summed E-state index contributed by atoms with van der Waals surface area (Å²) in [5, 5.41) is 0. The Balaban J connectivity index is 1.73. The quantitative estimate of drug-likeness (QED) is 0.788. The molecule has 7 heteroatoms. The Morgan fingerprint density at radius 1 is 1.07 bits per heavy atom. The van der Waals surface area contributed by atoms with Gasteiger partial charge in [0.2, 0.25) is 10.0 Å². The van der Waals surface area contributed by atoms with Gasteiger partial charge in [0.1, 0.15) is 5.49 Å². The Hall–Kier alpha value is -2.25. The Morgan fingerprint density at radius 2 is 1.74 bits per heavy atom. The van der Waals surface area contributed by atoms with Crippen LogP contribution in [-0.2, 0) is 21.4 Å². The number of piperidine rings is 1. The first-order valence-electron chi connectivity index (χ1n) is 9.25. The van der Waals surface area contributed by atoms with E-state index in [9.17, 15) is 13.2 Å². The monoisotopic (exact) mass is 387 g/mol. The summed E-state index contributed by atoms with van der Waals surface area (Å²) in [7, 11) is -3.18. The average Bonchev–Trinajstić information content (AvgIpc) is 2.70. The van der Waals surface area contributed by atoms with Crippen molar-refractivity contribution < 1.29 is 13.2 Å². The fraction of sp³-hybridized carbons (Fsp3) is 0.400. The highest BCUT2D eigenvalue weighted by atomic mass is 32.2. The lowest BCUT2D eigenvalue weighted by molar-refractivity contribution is -0.122. The predicted molar refractivity (Wildman–Crippen MR) is 104 cm³/mol. The third-order valence-electron chi connectivity index (χ3n) is 4.90. The summed E-state index contributed by atoms with van der Waals surface area (Å²) in [6.07, 6.45) is 2.95. The molecular formula is C20H25N3O3S. The second kappa shape index (κ2) is 8.63. The summed E-state index contributed by atoms with van der Waals surface area (Å²) < 4.78 is 27.3. The molecule has 2 aromatic rings. The molecule has 2 heterocycles. The molecule has 0 unspecified atom stereocenters. The number of hydrogen-bond acceptors (Lipinski definition) is 3. The molecule has 3 rings (SSSR count). The lowest BCUT2D eigenvalue weighted by atomic mass is 9.97. The van der Waals surface area contributed by atoms with Crippen molar-refractivity contribution in [1.29, 1.82) is 0 Å². The molecule has 1 aliphatic heterocycles. The summed E-state index contributed by atoms with van der Waals surface area (Å²) in [5.41, 5.74) is 1.76. The zero-order valence-electron chi connectivity index (χ0n) is 15.5. The molecule has 1 aliphatic rings. The molecule has 6 nitrogen and oxygen atoms in total. The molecule has 1 amide bonds. The topological polar surface area (TPSA) is 71.7 Å². The maximum Gasteiger partial charge on any atom is 0.250 e. The Morgan fingerprint density at radius 3 is 2.41 bits per heavy atom. The number of sulfonamides is 1. The first kappa shape index (κ1) is 19.5. The standard InChI is InChI=1S/C20H25N3O3S/c1-2-27(25,26)23-14-11-18(12-15-23)20(24)21-19-10-6-7-13-22(19)16-17-8-4-3-5-9-17/h3-10,13,18H,2,11-12,14-16H2,1H3. The van der Waals surface area contributed by atoms with E-state index in [0.29, 0.717) is 38.0 Å². The van der Waals surface area contributed by atoms with Crippen molar-refractivity contribution >= 4 is 15.9 Å². The van der Waals surface area contributed by atoms with Gasteiger partial charge in [-0.3, -0.25) is 4.79 Å². The Bertz CT molecular complexity index is 944. The predicted octanol–water partition coefficient (Wildman–Crippen LogP) is 2.03. The Kier molecular flexibility index (Phi) is 6.23. The molecular weight excluding hydrogens is 362 g/mol. The van der Waals surface area contributed by atoms with Gasteiger partial charge in [-0.1, -0.05) is 36.4 Å². The zero-order valence-corrected chi connectivity index (χ0v) is 16.3. The van der Waals surface area contributed by atoms with Crippen LogP contribution in [0.15, 0.2) is 59.7 Å². The van der Waals surface area contributed by atoms with Crippen LogP contribution in [0.4, 0.5) is 0 Å². The SMILES string of the molecule is CCS(=O)(=O)N1CCC(C(=O)N=c2ccccn2Cc2ccccc2)CC1. The van der Waals surface area contributed by atoms with Gasteiger partial charge in [-0.2, -0.15) is 4.99 Å². The van der Waals surface area contributed by atoms with Gasteiger partial charge in [0.15, 0.2) is 0 Å². The molecule has 1 aromatic carbocycles. The third-order valence-corrected chi connectivity index (χ3v) is 6.78. The third kappa shape index (κ3) is 4.93. The molecule has 1 aromatic heterocycles. The molecule has 0 bridgehead atoms. The second-order valence-corrected chi connectivity index (χ2v) is 8.95. The maximum atomic E-state index is 12.7. The van der Waals surface area contributed by atoms with Crippen LogP contribution < -0.4 is 5.49 Å². The van der Waals surface area contributed by atoms with E-state index in [1.54, 1.807) is 6.92 Å². The number of aromatic nitrogens is 1. The minimum absolute atomic E-state index is 0.0967. The van der Waals surface area contributed by atoms with E-state index in [2.05, 4.69) is 4.99 Å². The molecule has 0 saturated carbocycles. The van der Waals surface area contributed by atoms with Crippen molar-refractivity contribution in [3.63, 3.8) is 0 Å². The van der Waals surface area contributed by atoms with Crippen molar-refractivity contribution in [2.75, 3.05) is 18.8 Å². The second-order valence-electron chi connectivity index (χ2n) is 6.70. The van der Waals surface area contributed by atoms with Crippen molar-refractivity contribution in [3.05, 3.63) is 65.8 Å². The number of carbonyl (C=O) groups excluding carboxylic acids is 1. The van der Waals surface area contributed by atoms with Gasteiger partial charge in [-0.15, -0.1) is 0 Å². The van der Waals surface area contributed by atoms with Crippen LogP contribution in [0, 0.1) is 5.92 Å². The number of pyridine rings is 1. The molecule has 1 saturated heterocycles. The highest BCUT2D eigenvalue weighted by Crippen LogP contribution is 2.20. The molecule has 0 aliphatic carbocycles. The molecule has 0 atom stereocenters. The number of nitrogens with zero attached hydrogens (tertiary/aromatic N) is 3. The first-order valence-corrected chi connectivity index (χ1v) is 10.9. The van der Waals surface area contributed by atoms with Crippen LogP contribution in [-0.4, -0.2) is 42.0 Å². The van der Waals surface area contributed by atoms with Gasteiger partial charge >= 0.3 is 0 Å². The first-order chi connectivity index (χ1) is 13.0. The minimum atomic E-state index is -3.18. The highest BCUT2D eigenvalue weighted by molar-refractivity contribution is 7.89. The number of carbonyl (C=O) groups is 1. The van der Waals surface area contributed by atoms with Crippen molar-refractivity contribution in [2.24, 2.45) is 10.9 Å². The fourth-order valence-corrected chi connectivity index (χ4v) is 4.38. The summed E-state index contributed by atoms with van der Waals surface area (Å²) in [6.45, 7) is 3.06. The number of benzene rings is 1. The summed E-state index contributed by atoms with van der Waals surface area (Å²) in [5.74, 6) is -0.297. The number of rotatable bonds is 5. The average molecular weight is 388 g/mol. The summed E-state index contributed by atoms with van der Waals surface area (Å²) >= 11 is 0. The maximum absolute atomic E-state index is 12.7. The zero-order chi connectivity index (χ0) is 19.3. The van der Waals surface area contributed by atoms with Gasteiger partial charge in [-0.05, 0) is 37.5 Å².